The number of aryl methyl sites for hydroxylation is 1. The lowest BCUT2D eigenvalue weighted by Gasteiger charge is -2.21. The highest BCUT2D eigenvalue weighted by Crippen LogP contribution is 2.48. The predicted octanol–water partition coefficient (Wildman–Crippen LogP) is 5.83. The molecule has 4 rings (SSSR count). The van der Waals surface area contributed by atoms with Gasteiger partial charge in [0, 0.05) is 47.4 Å². The number of carbonyl (C=O) groups excluding carboxylic acids is 2. The second-order valence-corrected chi connectivity index (χ2v) is 10.1. The van der Waals surface area contributed by atoms with Gasteiger partial charge in [0.25, 0.3) is 0 Å². The smallest absolute Gasteiger partial charge is 0.412 e. The molecule has 186 valence electrons. The van der Waals surface area contributed by atoms with Crippen molar-refractivity contribution in [1.29, 1.82) is 5.26 Å². The van der Waals surface area contributed by atoms with Crippen molar-refractivity contribution in [3.8, 4) is 17.2 Å². The average Bonchev–Trinajstić information content (AvgIpc) is 3.44. The highest BCUT2D eigenvalue weighted by molar-refractivity contribution is 6.04. The van der Waals surface area contributed by atoms with Crippen LogP contribution in [0.4, 0.5) is 20.7 Å². The highest BCUT2D eigenvalue weighted by Gasteiger charge is 2.51. The number of fused-ring (bicyclic) bond motifs is 1. The lowest BCUT2D eigenvalue weighted by atomic mass is 9.98. The summed E-state index contributed by atoms with van der Waals surface area (Å²) in [5, 5.41) is 15.2. The minimum atomic E-state index is -0.800. The van der Waals surface area contributed by atoms with Crippen molar-refractivity contribution >= 4 is 34.3 Å². The molecule has 0 saturated heterocycles. The van der Waals surface area contributed by atoms with Crippen LogP contribution in [0.2, 0.25) is 0 Å². The number of nitriles is 1. The van der Waals surface area contributed by atoms with Crippen LogP contribution in [-0.4, -0.2) is 27.6 Å². The molecule has 8 nitrogen and oxygen atoms in total. The third-order valence-corrected chi connectivity index (χ3v) is 6.36. The summed E-state index contributed by atoms with van der Waals surface area (Å²) in [5.41, 5.74) is 0.772. The monoisotopic (exact) mass is 489 g/mol. The van der Waals surface area contributed by atoms with E-state index in [9.17, 15) is 9.59 Å². The van der Waals surface area contributed by atoms with Crippen LogP contribution in [0.5, 0.6) is 0 Å². The number of hydrogen-bond donors (Lipinski definition) is 2. The molecule has 1 aliphatic carbocycles. The molecule has 1 saturated carbocycles. The minimum absolute atomic E-state index is 0.0364. The van der Waals surface area contributed by atoms with Crippen LogP contribution in [0, 0.1) is 41.8 Å². The SMILES string of the molecule is Cc1ccncc1-c1cc2cc(NC(=O)[C@H]3C(C)[C@@H]3CC#N)ncc2c(NC(=O)OC(C)(C)C)c1F. The van der Waals surface area contributed by atoms with E-state index < -0.39 is 17.5 Å². The van der Waals surface area contributed by atoms with E-state index in [1.165, 1.54) is 6.20 Å². The first-order valence-corrected chi connectivity index (χ1v) is 11.7. The van der Waals surface area contributed by atoms with Crippen molar-refractivity contribution in [2.45, 2.75) is 46.6 Å². The van der Waals surface area contributed by atoms with Crippen LogP contribution in [0.3, 0.4) is 0 Å². The Kier molecular flexibility index (Phi) is 6.63. The molecule has 3 atom stereocenters. The summed E-state index contributed by atoms with van der Waals surface area (Å²) >= 11 is 0. The first kappa shape index (κ1) is 25.0. The number of carbonyl (C=O) groups is 2. The van der Waals surface area contributed by atoms with Gasteiger partial charge in [-0.05, 0) is 68.7 Å². The Hall–Kier alpha value is -4.06. The van der Waals surface area contributed by atoms with Crippen LogP contribution >= 0.6 is 0 Å². The Morgan fingerprint density at radius 1 is 1.19 bits per heavy atom. The Bertz CT molecular complexity index is 1390. The van der Waals surface area contributed by atoms with E-state index in [4.69, 9.17) is 10.00 Å². The lowest BCUT2D eigenvalue weighted by Crippen LogP contribution is -2.27. The molecular formula is C27H28FN5O3. The van der Waals surface area contributed by atoms with Gasteiger partial charge in [-0.25, -0.2) is 14.2 Å². The first-order chi connectivity index (χ1) is 17.0. The fourth-order valence-corrected chi connectivity index (χ4v) is 4.42. The maximum Gasteiger partial charge on any atom is 0.412 e. The molecule has 2 aromatic heterocycles. The van der Waals surface area contributed by atoms with Gasteiger partial charge < -0.3 is 10.1 Å². The van der Waals surface area contributed by atoms with Gasteiger partial charge in [-0.1, -0.05) is 6.92 Å². The van der Waals surface area contributed by atoms with Gasteiger partial charge in [-0.15, -0.1) is 0 Å². The van der Waals surface area contributed by atoms with Crippen LogP contribution in [-0.2, 0) is 9.53 Å². The quantitative estimate of drug-likeness (QED) is 0.466. The van der Waals surface area contributed by atoms with Crippen molar-refractivity contribution < 1.29 is 18.7 Å². The van der Waals surface area contributed by atoms with E-state index in [0.29, 0.717) is 28.6 Å². The average molecular weight is 490 g/mol. The molecule has 1 fully saturated rings. The van der Waals surface area contributed by atoms with Crippen molar-refractivity contribution in [2.75, 3.05) is 10.6 Å². The van der Waals surface area contributed by atoms with Gasteiger partial charge in [-0.3, -0.25) is 15.1 Å². The van der Waals surface area contributed by atoms with E-state index in [-0.39, 0.29) is 34.9 Å². The number of amides is 2. The van der Waals surface area contributed by atoms with Gasteiger partial charge >= 0.3 is 6.09 Å². The zero-order chi connectivity index (χ0) is 26.2. The predicted molar refractivity (Wildman–Crippen MR) is 135 cm³/mol. The molecule has 9 heteroatoms. The summed E-state index contributed by atoms with van der Waals surface area (Å²) in [5.74, 6) is -0.626. The summed E-state index contributed by atoms with van der Waals surface area (Å²) < 4.78 is 21.2. The zero-order valence-corrected chi connectivity index (χ0v) is 20.8. The van der Waals surface area contributed by atoms with E-state index in [1.807, 2.05) is 13.8 Å². The molecular weight excluding hydrogens is 461 g/mol. The van der Waals surface area contributed by atoms with Crippen molar-refractivity contribution in [3.63, 3.8) is 0 Å². The highest BCUT2D eigenvalue weighted by atomic mass is 19.1. The summed E-state index contributed by atoms with van der Waals surface area (Å²) in [6.07, 6.45) is 4.12. The molecule has 0 spiro atoms. The van der Waals surface area contributed by atoms with Gasteiger partial charge in [0.2, 0.25) is 5.91 Å². The fourth-order valence-electron chi connectivity index (χ4n) is 4.42. The van der Waals surface area contributed by atoms with E-state index in [1.54, 1.807) is 51.4 Å². The van der Waals surface area contributed by atoms with Crippen LogP contribution in [0.25, 0.3) is 21.9 Å². The third-order valence-electron chi connectivity index (χ3n) is 6.36. The van der Waals surface area contributed by atoms with E-state index >= 15 is 4.39 Å². The molecule has 0 radical (unpaired) electrons. The van der Waals surface area contributed by atoms with E-state index in [0.717, 1.165) is 5.56 Å². The van der Waals surface area contributed by atoms with Crippen LogP contribution in [0.1, 0.15) is 39.7 Å². The molecule has 0 bridgehead atoms. The second kappa shape index (κ2) is 9.53. The zero-order valence-electron chi connectivity index (χ0n) is 20.8. The number of nitrogens with zero attached hydrogens (tertiary/aromatic N) is 3. The molecule has 3 aromatic rings. The molecule has 1 unspecified atom stereocenters. The standard InChI is InChI=1S/C27H28FN5O3/c1-14-7-9-30-12-19(14)18-10-16-11-21(32-25(34)22-15(2)17(22)6-8-29)31-13-20(16)24(23(18)28)33-26(35)36-27(3,4)5/h7,9-13,15,17,22H,6H2,1-5H3,(H,33,35)(H,31,32,34)/t15?,17-,22-/m0/s1. The Morgan fingerprint density at radius 2 is 1.94 bits per heavy atom. The number of pyridine rings is 2. The molecule has 36 heavy (non-hydrogen) atoms. The van der Waals surface area contributed by atoms with Gasteiger partial charge in [-0.2, -0.15) is 5.26 Å². The van der Waals surface area contributed by atoms with Crippen LogP contribution < -0.4 is 10.6 Å². The molecule has 0 aliphatic heterocycles. The molecule has 2 N–H and O–H groups in total. The number of rotatable bonds is 5. The number of aromatic nitrogens is 2. The number of ether oxygens (including phenoxy) is 1. The molecule has 2 heterocycles. The number of hydrogen-bond acceptors (Lipinski definition) is 6. The summed E-state index contributed by atoms with van der Waals surface area (Å²) in [4.78, 5) is 33.7. The minimum Gasteiger partial charge on any atom is -0.444 e. The van der Waals surface area contributed by atoms with Crippen LogP contribution in [0.15, 0.2) is 36.8 Å². The summed E-state index contributed by atoms with van der Waals surface area (Å²) in [6, 6.07) is 7.17. The maximum absolute atomic E-state index is 15.8. The van der Waals surface area contributed by atoms with Gasteiger partial charge in [0.05, 0.1) is 11.8 Å². The molecule has 1 aliphatic rings. The maximum atomic E-state index is 15.8. The third kappa shape index (κ3) is 5.13. The van der Waals surface area contributed by atoms with Gasteiger partial charge in [0.15, 0.2) is 5.82 Å². The Balaban J connectivity index is 1.75. The first-order valence-electron chi connectivity index (χ1n) is 11.7. The normalized spacial score (nSPS) is 18.9. The topological polar surface area (TPSA) is 117 Å². The number of halogens is 1. The Labute approximate surface area is 208 Å². The molecule has 1 aromatic carbocycles. The largest absolute Gasteiger partial charge is 0.444 e. The van der Waals surface area contributed by atoms with Crippen molar-refractivity contribution in [1.82, 2.24) is 9.97 Å². The number of benzene rings is 1. The van der Waals surface area contributed by atoms with Gasteiger partial charge in [0.1, 0.15) is 11.4 Å². The fraction of sp³-hybridized carbons (Fsp3) is 0.370. The number of nitrogens with one attached hydrogen (secondary N) is 2. The van der Waals surface area contributed by atoms with Crippen molar-refractivity contribution in [2.24, 2.45) is 17.8 Å². The summed E-state index contributed by atoms with van der Waals surface area (Å²) in [7, 11) is 0. The van der Waals surface area contributed by atoms with E-state index in [2.05, 4.69) is 26.7 Å². The second-order valence-electron chi connectivity index (χ2n) is 10.1. The van der Waals surface area contributed by atoms with Crippen molar-refractivity contribution in [3.05, 3.63) is 48.2 Å². The lowest BCUT2D eigenvalue weighted by molar-refractivity contribution is -0.117. The number of anilines is 2. The molecule has 2 amide bonds. The Morgan fingerprint density at radius 3 is 2.61 bits per heavy atom. The summed E-state index contributed by atoms with van der Waals surface area (Å²) in [6.45, 7) is 8.94.